The van der Waals surface area contributed by atoms with Crippen LogP contribution in [0.4, 0.5) is 0 Å². The van der Waals surface area contributed by atoms with Crippen molar-refractivity contribution in [2.75, 3.05) is 0 Å². The third kappa shape index (κ3) is 9.29. The molecule has 0 aliphatic rings. The van der Waals surface area contributed by atoms with Crippen LogP contribution in [0.1, 0.15) is 75.8 Å². The van der Waals surface area contributed by atoms with E-state index in [2.05, 4.69) is 178 Å². The number of rotatable bonds is 9. The predicted molar refractivity (Wildman–Crippen MR) is 259 cm³/mol. The van der Waals surface area contributed by atoms with Gasteiger partial charge in [0.15, 0.2) is 5.71 Å². The molecule has 4 heterocycles. The Balaban J connectivity index is 0.000000233. The van der Waals surface area contributed by atoms with Gasteiger partial charge in [-0.2, -0.15) is 0 Å². The zero-order valence-electron chi connectivity index (χ0n) is 37.6. The summed E-state index contributed by atoms with van der Waals surface area (Å²) in [5.41, 5.74) is 15.2. The molecule has 62 heavy (non-hydrogen) atoms. The molecule has 4 aromatic heterocycles. The normalized spacial score (nSPS) is 11.8. The van der Waals surface area contributed by atoms with Gasteiger partial charge in [0.05, 0.1) is 22.4 Å². The van der Waals surface area contributed by atoms with Crippen LogP contribution in [0.25, 0.3) is 72.6 Å². The van der Waals surface area contributed by atoms with Crippen molar-refractivity contribution in [3.05, 3.63) is 162 Å². The van der Waals surface area contributed by atoms with Crippen molar-refractivity contribution in [1.29, 1.82) is 0 Å². The Kier molecular flexibility index (Phi) is 13.5. The summed E-state index contributed by atoms with van der Waals surface area (Å²) in [5, 5.41) is 1.89. The van der Waals surface area contributed by atoms with Crippen LogP contribution in [-0.2, 0) is 26.5 Å². The number of benzene rings is 5. The molecular weight excluding hydrogens is 997 g/mol. The SMILES string of the molecule is CC(C)Cc1cc(-c2[c-]cccc2)nc[c]1[Ge]([CH3])([CH3])[CH3].Cc1ccc2c(n1)oc1ccc(-c3nc4ccccc4n3-c3c(C(C)C)cc(-c4ccccc4)cc3C(C)C)[c-]c12.[Ir]. The maximum Gasteiger partial charge on any atom is 0.183 e. The molecule has 0 N–H and O–H groups in total. The minimum absolute atomic E-state index is 0. The smallest absolute Gasteiger partial charge is 0.183 e. The van der Waals surface area contributed by atoms with Crippen molar-refractivity contribution in [3.63, 3.8) is 0 Å². The number of aromatic nitrogens is 4. The molecular formula is C55H56GeIrN4O-2. The number of hydrogen-bond acceptors (Lipinski definition) is 4. The van der Waals surface area contributed by atoms with Gasteiger partial charge in [-0.05, 0) is 76.7 Å². The van der Waals surface area contributed by atoms with Crippen molar-refractivity contribution in [3.8, 4) is 39.5 Å². The first-order valence-electron chi connectivity index (χ1n) is 21.7. The van der Waals surface area contributed by atoms with Gasteiger partial charge in [0.2, 0.25) is 0 Å². The number of aryl methyl sites for hydroxylation is 1. The Morgan fingerprint density at radius 3 is 2.06 bits per heavy atom. The second-order valence-electron chi connectivity index (χ2n) is 18.3. The van der Waals surface area contributed by atoms with E-state index in [4.69, 9.17) is 14.4 Å². The Labute approximate surface area is 383 Å². The van der Waals surface area contributed by atoms with E-state index in [-0.39, 0.29) is 20.1 Å². The van der Waals surface area contributed by atoms with Gasteiger partial charge < -0.3 is 8.98 Å². The summed E-state index contributed by atoms with van der Waals surface area (Å²) in [6.07, 6.45) is 3.27. The minimum Gasteiger partial charge on any atom is -0.482 e. The van der Waals surface area contributed by atoms with E-state index in [0.717, 1.165) is 62.1 Å². The number of imidazole rings is 1. The summed E-state index contributed by atoms with van der Waals surface area (Å²) in [6.45, 7) is 15.7. The van der Waals surface area contributed by atoms with Gasteiger partial charge >= 0.3 is 126 Å². The molecule has 317 valence electrons. The zero-order valence-corrected chi connectivity index (χ0v) is 42.1. The predicted octanol–water partition coefficient (Wildman–Crippen LogP) is 14.3. The van der Waals surface area contributed by atoms with E-state index in [1.165, 1.54) is 33.5 Å². The Hall–Kier alpha value is -5.14. The van der Waals surface area contributed by atoms with Crippen LogP contribution in [0.3, 0.4) is 0 Å². The summed E-state index contributed by atoms with van der Waals surface area (Å²) < 4.78 is 9.98. The van der Waals surface area contributed by atoms with E-state index in [0.29, 0.717) is 23.5 Å². The van der Waals surface area contributed by atoms with Crippen LogP contribution in [0.5, 0.6) is 0 Å². The van der Waals surface area contributed by atoms with Crippen molar-refractivity contribution < 1.29 is 24.5 Å². The van der Waals surface area contributed by atoms with Crippen LogP contribution < -0.4 is 4.40 Å². The second-order valence-corrected chi connectivity index (χ2v) is 28.9. The fourth-order valence-corrected chi connectivity index (χ4v) is 11.7. The van der Waals surface area contributed by atoms with E-state index >= 15 is 0 Å². The Bertz CT molecular complexity index is 2950. The molecule has 0 atom stereocenters. The van der Waals surface area contributed by atoms with Gasteiger partial charge in [-0.15, -0.1) is 12.1 Å². The zero-order chi connectivity index (χ0) is 43.0. The van der Waals surface area contributed by atoms with Crippen LogP contribution in [0.15, 0.2) is 132 Å². The van der Waals surface area contributed by atoms with Gasteiger partial charge in [-0.1, -0.05) is 93.2 Å². The molecule has 0 saturated carbocycles. The van der Waals surface area contributed by atoms with Crippen LogP contribution in [-0.4, -0.2) is 32.8 Å². The number of pyridine rings is 2. The number of fused-ring (bicyclic) bond motifs is 4. The van der Waals surface area contributed by atoms with E-state index < -0.39 is 13.3 Å². The molecule has 5 aromatic carbocycles. The van der Waals surface area contributed by atoms with Gasteiger partial charge in [0.25, 0.3) is 0 Å². The fraction of sp³-hybridized carbons (Fsp3) is 0.255. The molecule has 9 aromatic rings. The first-order chi connectivity index (χ1) is 29.3. The monoisotopic (exact) mass is 1060 g/mol. The summed E-state index contributed by atoms with van der Waals surface area (Å²) in [5.74, 6) is 9.48. The molecule has 9 rings (SSSR count). The quantitative estimate of drug-likeness (QED) is 0.107. The molecule has 1 radical (unpaired) electrons. The van der Waals surface area contributed by atoms with Crippen molar-refractivity contribution in [2.24, 2.45) is 5.92 Å². The van der Waals surface area contributed by atoms with E-state index in [1.54, 1.807) is 4.40 Å². The molecule has 0 fully saturated rings. The van der Waals surface area contributed by atoms with Crippen LogP contribution >= 0.6 is 0 Å². The molecule has 0 saturated heterocycles. The maximum atomic E-state index is 6.08. The van der Waals surface area contributed by atoms with Crippen molar-refractivity contribution >= 4 is 50.8 Å². The topological polar surface area (TPSA) is 56.7 Å². The second kappa shape index (κ2) is 18.7. The fourth-order valence-electron chi connectivity index (χ4n) is 8.33. The minimum atomic E-state index is -1.86. The van der Waals surface area contributed by atoms with E-state index in [1.807, 2.05) is 37.3 Å². The average Bonchev–Trinajstić information content (AvgIpc) is 3.81. The molecule has 0 aliphatic carbocycles. The summed E-state index contributed by atoms with van der Waals surface area (Å²) in [6, 6.07) is 49.3. The average molecular weight is 1050 g/mol. The largest absolute Gasteiger partial charge is 0.482 e. The first-order valence-corrected chi connectivity index (χ1v) is 29.0. The standard InChI is InChI=1S/C37H32N3O.C18H24GeN.Ir/c1-22(2)29-20-27(25-11-7-6-8-12-25)21-30(23(3)4)35(29)40-33-14-10-9-13-32(33)39-36(40)26-16-18-34-31(19-26)28-17-15-24(5)38-37(28)41-34;1-14(2)11-16-12-18(15-9-7-6-8-10-15)20-13-17(16)19(3,4)5;/h6-18,20-23H,1-5H3;6-9,12-14H,11H2,1-5H3;/q2*-1;. The van der Waals surface area contributed by atoms with Crippen molar-refractivity contribution in [1.82, 2.24) is 19.5 Å². The van der Waals surface area contributed by atoms with Crippen LogP contribution in [0.2, 0.25) is 17.3 Å². The third-order valence-corrected chi connectivity index (χ3v) is 15.7. The number of para-hydroxylation sites is 2. The van der Waals surface area contributed by atoms with Crippen LogP contribution in [0, 0.1) is 25.0 Å². The maximum absolute atomic E-state index is 6.08. The Morgan fingerprint density at radius 1 is 0.710 bits per heavy atom. The van der Waals surface area contributed by atoms with Gasteiger partial charge in [-0.3, -0.25) is 4.98 Å². The van der Waals surface area contributed by atoms with Gasteiger partial charge in [0, 0.05) is 31.5 Å². The number of furan rings is 1. The molecule has 5 nitrogen and oxygen atoms in total. The molecule has 0 aliphatic heterocycles. The molecule has 0 bridgehead atoms. The summed E-state index contributed by atoms with van der Waals surface area (Å²) in [7, 11) is 0. The number of hydrogen-bond donors (Lipinski definition) is 0. The summed E-state index contributed by atoms with van der Waals surface area (Å²) in [4.78, 5) is 14.5. The summed E-state index contributed by atoms with van der Waals surface area (Å²) >= 11 is -1.86. The Morgan fingerprint density at radius 2 is 1.40 bits per heavy atom. The molecule has 7 heteroatoms. The molecule has 0 spiro atoms. The van der Waals surface area contributed by atoms with Gasteiger partial charge in [0.1, 0.15) is 0 Å². The van der Waals surface area contributed by atoms with Gasteiger partial charge in [-0.25, -0.2) is 4.98 Å². The van der Waals surface area contributed by atoms with Crippen molar-refractivity contribution in [2.45, 2.75) is 84.0 Å². The number of nitrogens with zero attached hydrogens (tertiary/aromatic N) is 4. The first kappa shape index (κ1) is 44.9. The van der Waals surface area contributed by atoms with E-state index in [9.17, 15) is 0 Å². The molecule has 0 amide bonds. The molecule has 0 unspecified atom stereocenters. The third-order valence-electron chi connectivity index (χ3n) is 11.3.